The van der Waals surface area contributed by atoms with Crippen molar-refractivity contribution in [3.63, 3.8) is 0 Å². The second-order valence-corrected chi connectivity index (χ2v) is 5.15. The largest absolute Gasteiger partial charge is 0.411 e. The highest BCUT2D eigenvalue weighted by Crippen LogP contribution is 2.16. The average molecular weight is 246 g/mol. The van der Waals surface area contributed by atoms with Crippen LogP contribution in [0.4, 0.5) is 0 Å². The second-order valence-electron chi connectivity index (χ2n) is 5.15. The van der Waals surface area contributed by atoms with Crippen LogP contribution in [-0.4, -0.2) is 28.9 Å². The first-order chi connectivity index (χ1) is 8.72. The molecule has 0 saturated carbocycles. The first-order valence-electron chi connectivity index (χ1n) is 6.74. The van der Waals surface area contributed by atoms with Crippen molar-refractivity contribution < 1.29 is 5.21 Å². The maximum atomic E-state index is 8.86. The number of aryl methyl sites for hydroxylation is 1. The summed E-state index contributed by atoms with van der Waals surface area (Å²) in [7, 11) is 0. The van der Waals surface area contributed by atoms with E-state index < -0.39 is 0 Å². The number of rotatable bonds is 3. The minimum atomic E-state index is 0.360. The Kier molecular flexibility index (Phi) is 4.37. The minimum Gasteiger partial charge on any atom is -0.411 e. The summed E-state index contributed by atoms with van der Waals surface area (Å²) in [6, 6.07) is 8.87. The van der Waals surface area contributed by atoms with Crippen molar-refractivity contribution in [2.24, 2.45) is 11.1 Å². The summed E-state index contributed by atoms with van der Waals surface area (Å²) < 4.78 is 0. The number of hydrogen-bond acceptors (Lipinski definition) is 3. The fraction of sp³-hybridized carbons (Fsp3) is 0.533. The molecule has 0 radical (unpaired) electrons. The smallest absolute Gasteiger partial charge is 0.0624 e. The Morgan fingerprint density at radius 1 is 1.28 bits per heavy atom. The molecule has 0 aromatic heterocycles. The Balaban J connectivity index is 1.94. The second kappa shape index (κ2) is 6.01. The van der Waals surface area contributed by atoms with E-state index in [0.29, 0.717) is 5.92 Å². The maximum Gasteiger partial charge on any atom is 0.0624 e. The van der Waals surface area contributed by atoms with Crippen LogP contribution in [0.25, 0.3) is 0 Å². The lowest BCUT2D eigenvalue weighted by Gasteiger charge is -2.31. The lowest BCUT2D eigenvalue weighted by Crippen LogP contribution is -2.39. The van der Waals surface area contributed by atoms with E-state index in [1.807, 2.05) is 0 Å². The van der Waals surface area contributed by atoms with Gasteiger partial charge in [-0.2, -0.15) is 0 Å². The van der Waals surface area contributed by atoms with Crippen molar-refractivity contribution in [3.05, 3.63) is 35.4 Å². The van der Waals surface area contributed by atoms with Crippen LogP contribution in [-0.2, 0) is 13.0 Å². The number of likely N-dealkylation sites (tertiary alicyclic amines) is 1. The third-order valence-corrected chi connectivity index (χ3v) is 3.75. The minimum absolute atomic E-state index is 0.360. The monoisotopic (exact) mass is 246 g/mol. The van der Waals surface area contributed by atoms with Gasteiger partial charge in [0.05, 0.1) is 5.71 Å². The predicted octanol–water partition coefficient (Wildman–Crippen LogP) is 2.92. The van der Waals surface area contributed by atoms with Crippen molar-refractivity contribution in [2.75, 3.05) is 13.1 Å². The summed E-state index contributed by atoms with van der Waals surface area (Å²) in [4.78, 5) is 2.43. The van der Waals surface area contributed by atoms with Gasteiger partial charge in [-0.15, -0.1) is 0 Å². The third-order valence-electron chi connectivity index (χ3n) is 3.75. The van der Waals surface area contributed by atoms with Gasteiger partial charge in [-0.05, 0) is 17.5 Å². The van der Waals surface area contributed by atoms with Gasteiger partial charge in [0, 0.05) is 32.0 Å². The molecule has 18 heavy (non-hydrogen) atoms. The highest BCUT2D eigenvalue weighted by Gasteiger charge is 2.22. The molecule has 1 aliphatic rings. The maximum absolute atomic E-state index is 8.86. The number of benzene rings is 1. The Bertz CT molecular complexity index is 411. The molecule has 0 aliphatic carbocycles. The van der Waals surface area contributed by atoms with Gasteiger partial charge in [0.2, 0.25) is 0 Å². The molecule has 1 fully saturated rings. The van der Waals surface area contributed by atoms with E-state index in [2.05, 4.69) is 48.2 Å². The Morgan fingerprint density at radius 3 is 2.50 bits per heavy atom. The SMILES string of the molecule is CCc1ccc(CN2CC/C(=N/O)C(C)C2)cc1. The van der Waals surface area contributed by atoms with E-state index in [-0.39, 0.29) is 0 Å². The van der Waals surface area contributed by atoms with E-state index in [0.717, 1.165) is 38.2 Å². The first kappa shape index (κ1) is 13.1. The molecule has 1 N–H and O–H groups in total. The topological polar surface area (TPSA) is 35.8 Å². The molecule has 2 rings (SSSR count). The zero-order chi connectivity index (χ0) is 13.0. The van der Waals surface area contributed by atoms with Crippen molar-refractivity contribution in [3.8, 4) is 0 Å². The summed E-state index contributed by atoms with van der Waals surface area (Å²) in [6.07, 6.45) is 1.97. The molecule has 1 aliphatic heterocycles. The van der Waals surface area contributed by atoms with Crippen molar-refractivity contribution >= 4 is 5.71 Å². The molecule has 1 aromatic rings. The van der Waals surface area contributed by atoms with Gasteiger partial charge in [0.1, 0.15) is 0 Å². The molecule has 0 bridgehead atoms. The van der Waals surface area contributed by atoms with E-state index in [4.69, 9.17) is 5.21 Å². The van der Waals surface area contributed by atoms with Gasteiger partial charge >= 0.3 is 0 Å². The van der Waals surface area contributed by atoms with Crippen LogP contribution in [0.3, 0.4) is 0 Å². The average Bonchev–Trinajstić information content (AvgIpc) is 2.40. The van der Waals surface area contributed by atoms with Gasteiger partial charge < -0.3 is 5.21 Å². The van der Waals surface area contributed by atoms with Gasteiger partial charge in [0.15, 0.2) is 0 Å². The molecule has 1 atom stereocenters. The van der Waals surface area contributed by atoms with E-state index >= 15 is 0 Å². The highest BCUT2D eigenvalue weighted by atomic mass is 16.4. The molecule has 0 amide bonds. The number of piperidine rings is 1. The molecule has 1 heterocycles. The lowest BCUT2D eigenvalue weighted by atomic mass is 9.97. The van der Waals surface area contributed by atoms with Crippen LogP contribution in [0.15, 0.2) is 29.4 Å². The first-order valence-corrected chi connectivity index (χ1v) is 6.74. The van der Waals surface area contributed by atoms with Crippen LogP contribution in [0.5, 0.6) is 0 Å². The van der Waals surface area contributed by atoms with Gasteiger partial charge in [-0.25, -0.2) is 0 Å². The summed E-state index contributed by atoms with van der Waals surface area (Å²) in [5.74, 6) is 0.360. The van der Waals surface area contributed by atoms with Crippen LogP contribution in [0, 0.1) is 5.92 Å². The quantitative estimate of drug-likeness (QED) is 0.657. The fourth-order valence-electron chi connectivity index (χ4n) is 2.53. The summed E-state index contributed by atoms with van der Waals surface area (Å²) in [5.41, 5.74) is 3.69. The van der Waals surface area contributed by atoms with E-state index in [1.54, 1.807) is 0 Å². The van der Waals surface area contributed by atoms with Gasteiger partial charge in [-0.3, -0.25) is 4.90 Å². The molecule has 98 valence electrons. The molecule has 1 aromatic carbocycles. The zero-order valence-corrected chi connectivity index (χ0v) is 11.3. The van der Waals surface area contributed by atoms with Crippen LogP contribution >= 0.6 is 0 Å². The van der Waals surface area contributed by atoms with Crippen LogP contribution < -0.4 is 0 Å². The summed E-state index contributed by atoms with van der Waals surface area (Å²) in [5, 5.41) is 12.2. The zero-order valence-electron chi connectivity index (χ0n) is 11.3. The highest BCUT2D eigenvalue weighted by molar-refractivity contribution is 5.86. The number of oxime groups is 1. The van der Waals surface area contributed by atoms with Crippen LogP contribution in [0.1, 0.15) is 31.4 Å². The number of nitrogens with zero attached hydrogens (tertiary/aromatic N) is 2. The molecule has 1 unspecified atom stereocenters. The van der Waals surface area contributed by atoms with E-state index in [9.17, 15) is 0 Å². The Labute approximate surface area is 109 Å². The standard InChI is InChI=1S/C15H22N2O/c1-3-13-4-6-14(7-5-13)11-17-9-8-15(16-18)12(2)10-17/h4-7,12,18H,3,8-11H2,1-2H3/b16-15-. The van der Waals surface area contributed by atoms with Crippen molar-refractivity contribution in [1.29, 1.82) is 0 Å². The van der Waals surface area contributed by atoms with Crippen LogP contribution in [0.2, 0.25) is 0 Å². The third kappa shape index (κ3) is 3.10. The van der Waals surface area contributed by atoms with E-state index in [1.165, 1.54) is 11.1 Å². The molecular formula is C15H22N2O. The fourth-order valence-corrected chi connectivity index (χ4v) is 2.53. The summed E-state index contributed by atoms with van der Waals surface area (Å²) >= 11 is 0. The van der Waals surface area contributed by atoms with Crippen molar-refractivity contribution in [1.82, 2.24) is 4.90 Å². The normalized spacial score (nSPS) is 23.4. The lowest BCUT2D eigenvalue weighted by molar-refractivity contribution is 0.228. The molecule has 3 heteroatoms. The number of hydrogen-bond donors (Lipinski definition) is 1. The predicted molar refractivity (Wildman–Crippen MR) is 74.1 cm³/mol. The van der Waals surface area contributed by atoms with Crippen molar-refractivity contribution in [2.45, 2.75) is 33.2 Å². The van der Waals surface area contributed by atoms with Gasteiger partial charge in [-0.1, -0.05) is 43.3 Å². The molecule has 0 spiro atoms. The van der Waals surface area contributed by atoms with Gasteiger partial charge in [0.25, 0.3) is 0 Å². The Morgan fingerprint density at radius 2 is 1.94 bits per heavy atom. The Hall–Kier alpha value is -1.35. The molecule has 1 saturated heterocycles. The molecular weight excluding hydrogens is 224 g/mol. The summed E-state index contributed by atoms with van der Waals surface area (Å²) in [6.45, 7) is 7.26. The molecule has 3 nitrogen and oxygen atoms in total.